The highest BCUT2D eigenvalue weighted by Gasteiger charge is 2.24. The zero-order chi connectivity index (χ0) is 22.8. The second kappa shape index (κ2) is 13.7. The molecule has 12 heteroatoms. The van der Waals surface area contributed by atoms with Crippen LogP contribution in [0.3, 0.4) is 0 Å². The van der Waals surface area contributed by atoms with Gasteiger partial charge in [0.2, 0.25) is 5.91 Å². The summed E-state index contributed by atoms with van der Waals surface area (Å²) >= 11 is 0. The molecule has 0 saturated carbocycles. The third-order valence-electron chi connectivity index (χ3n) is 4.83. The first-order valence-electron chi connectivity index (χ1n) is 10.2. The van der Waals surface area contributed by atoms with Gasteiger partial charge in [0.15, 0.2) is 5.96 Å². The monoisotopic (exact) mass is 562 g/mol. The number of halogens is 1. The number of hydrogen-bond donors (Lipinski definition) is 2. The zero-order valence-electron chi connectivity index (χ0n) is 18.6. The normalized spacial score (nSPS) is 14.2. The van der Waals surface area contributed by atoms with Crippen LogP contribution in [0.5, 0.6) is 0 Å². The summed E-state index contributed by atoms with van der Waals surface area (Å²) < 4.78 is 5.04. The number of nitrogens with zero attached hydrogens (tertiary/aromatic N) is 4. The Balaban J connectivity index is 0.00000512. The summed E-state index contributed by atoms with van der Waals surface area (Å²) in [5.74, 6) is 0.380. The first kappa shape index (κ1) is 27.4. The highest BCUT2D eigenvalue weighted by molar-refractivity contribution is 14.0. The predicted octanol–water partition coefficient (Wildman–Crippen LogP) is 1.96. The molecule has 0 spiro atoms. The fraction of sp³-hybridized carbons (Fsp3) is 0.550. The van der Waals surface area contributed by atoms with Crippen molar-refractivity contribution in [3.63, 3.8) is 0 Å². The number of nitrogens with one attached hydrogen (secondary N) is 2. The van der Waals surface area contributed by atoms with E-state index in [4.69, 9.17) is 4.74 Å². The summed E-state index contributed by atoms with van der Waals surface area (Å²) in [5, 5.41) is 17.2. The smallest absolute Gasteiger partial charge is 0.409 e. The first-order valence-corrected chi connectivity index (χ1v) is 10.2. The van der Waals surface area contributed by atoms with Gasteiger partial charge in [0.1, 0.15) is 0 Å². The highest BCUT2D eigenvalue weighted by atomic mass is 127. The Hall–Kier alpha value is -2.64. The Bertz CT molecular complexity index is 794. The Labute approximate surface area is 204 Å². The minimum atomic E-state index is -0.447. The van der Waals surface area contributed by atoms with E-state index in [0.29, 0.717) is 32.2 Å². The van der Waals surface area contributed by atoms with Crippen LogP contribution in [0.2, 0.25) is 0 Å². The molecule has 0 unspecified atom stereocenters. The number of rotatable bonds is 7. The molecule has 2 amide bonds. The highest BCUT2D eigenvalue weighted by Crippen LogP contribution is 2.13. The second-order valence-corrected chi connectivity index (χ2v) is 7.33. The number of aliphatic imine (C=N–C) groups is 1. The number of guanidine groups is 1. The van der Waals surface area contributed by atoms with Crippen molar-refractivity contribution in [2.75, 3.05) is 40.3 Å². The molecule has 32 heavy (non-hydrogen) atoms. The third-order valence-corrected chi connectivity index (χ3v) is 4.83. The molecular weight excluding hydrogens is 531 g/mol. The molecule has 0 radical (unpaired) electrons. The summed E-state index contributed by atoms with van der Waals surface area (Å²) in [6.45, 7) is 3.65. The predicted molar refractivity (Wildman–Crippen MR) is 131 cm³/mol. The van der Waals surface area contributed by atoms with Gasteiger partial charge in [-0.2, -0.15) is 0 Å². The van der Waals surface area contributed by atoms with Crippen LogP contribution in [0.4, 0.5) is 10.5 Å². The number of hydrogen-bond acceptors (Lipinski definition) is 6. The number of likely N-dealkylation sites (tertiary alicyclic amines) is 1. The topological polar surface area (TPSA) is 129 Å². The van der Waals surface area contributed by atoms with Gasteiger partial charge in [-0.1, -0.05) is 12.1 Å². The molecule has 178 valence electrons. The van der Waals surface area contributed by atoms with E-state index in [2.05, 4.69) is 15.6 Å². The van der Waals surface area contributed by atoms with Gasteiger partial charge in [-0.25, -0.2) is 9.79 Å². The molecule has 1 fully saturated rings. The van der Waals surface area contributed by atoms with E-state index in [1.807, 2.05) is 0 Å². The van der Waals surface area contributed by atoms with E-state index in [1.54, 1.807) is 38.1 Å². The standard InChI is InChI=1S/C20H30N6O5.HI/c1-4-31-20(28)25-11-9-16(10-12-25)23-19(22-14-18(27)24(2)3)21-13-15-5-7-17(8-6-15)26(29)30;/h5-8,16H,4,9-14H2,1-3H3,(H2,21,22,23);1H. The lowest BCUT2D eigenvalue weighted by Gasteiger charge is -2.32. The lowest BCUT2D eigenvalue weighted by molar-refractivity contribution is -0.384. The Morgan fingerprint density at radius 1 is 1.25 bits per heavy atom. The van der Waals surface area contributed by atoms with Crippen LogP contribution >= 0.6 is 24.0 Å². The Morgan fingerprint density at radius 2 is 1.88 bits per heavy atom. The van der Waals surface area contributed by atoms with Crippen molar-refractivity contribution in [1.29, 1.82) is 0 Å². The maximum absolute atomic E-state index is 12.0. The van der Waals surface area contributed by atoms with Crippen molar-refractivity contribution in [3.05, 3.63) is 39.9 Å². The zero-order valence-corrected chi connectivity index (χ0v) is 20.9. The summed E-state index contributed by atoms with van der Waals surface area (Å²) in [7, 11) is 3.35. The average molecular weight is 562 g/mol. The SMILES string of the molecule is CCOC(=O)N1CCC(NC(=NCc2ccc([N+](=O)[O-])cc2)NCC(=O)N(C)C)CC1.I. The van der Waals surface area contributed by atoms with Gasteiger partial charge < -0.3 is 25.2 Å². The number of likely N-dealkylation sites (N-methyl/N-ethyl adjacent to an activating group) is 1. The van der Waals surface area contributed by atoms with Crippen molar-refractivity contribution >= 4 is 47.6 Å². The number of nitro groups is 1. The van der Waals surface area contributed by atoms with Crippen molar-refractivity contribution in [3.8, 4) is 0 Å². The Morgan fingerprint density at radius 3 is 2.41 bits per heavy atom. The minimum absolute atomic E-state index is 0. The van der Waals surface area contributed by atoms with Crippen LogP contribution in [-0.2, 0) is 16.1 Å². The average Bonchev–Trinajstić information content (AvgIpc) is 2.76. The molecule has 1 aromatic rings. The van der Waals surface area contributed by atoms with E-state index >= 15 is 0 Å². The number of non-ortho nitro benzene ring substituents is 1. The van der Waals surface area contributed by atoms with Crippen LogP contribution < -0.4 is 10.6 Å². The molecule has 1 aromatic carbocycles. The second-order valence-electron chi connectivity index (χ2n) is 7.33. The molecule has 11 nitrogen and oxygen atoms in total. The van der Waals surface area contributed by atoms with E-state index in [0.717, 1.165) is 18.4 Å². The number of amides is 2. The summed E-state index contributed by atoms with van der Waals surface area (Å²) in [6.07, 6.45) is 1.14. The summed E-state index contributed by atoms with van der Waals surface area (Å²) in [5.41, 5.74) is 0.830. The van der Waals surface area contributed by atoms with Crippen LogP contribution in [0.15, 0.2) is 29.3 Å². The number of piperidine rings is 1. The maximum atomic E-state index is 12.0. The quantitative estimate of drug-likeness (QED) is 0.171. The van der Waals surface area contributed by atoms with Gasteiger partial charge in [0, 0.05) is 45.4 Å². The lowest BCUT2D eigenvalue weighted by atomic mass is 10.1. The van der Waals surface area contributed by atoms with Gasteiger partial charge in [-0.05, 0) is 25.3 Å². The first-order chi connectivity index (χ1) is 14.8. The fourth-order valence-electron chi connectivity index (χ4n) is 2.98. The molecule has 0 aliphatic carbocycles. The third kappa shape index (κ3) is 8.85. The maximum Gasteiger partial charge on any atom is 0.409 e. The van der Waals surface area contributed by atoms with Crippen LogP contribution in [0.1, 0.15) is 25.3 Å². The lowest BCUT2D eigenvalue weighted by Crippen LogP contribution is -2.51. The number of benzene rings is 1. The fourth-order valence-corrected chi connectivity index (χ4v) is 2.98. The van der Waals surface area contributed by atoms with Crippen molar-refractivity contribution in [2.45, 2.75) is 32.4 Å². The van der Waals surface area contributed by atoms with Crippen molar-refractivity contribution < 1.29 is 19.2 Å². The van der Waals surface area contributed by atoms with Gasteiger partial charge in [-0.15, -0.1) is 24.0 Å². The molecular formula is C20H31IN6O5. The minimum Gasteiger partial charge on any atom is -0.450 e. The van der Waals surface area contributed by atoms with Gasteiger partial charge in [0.25, 0.3) is 5.69 Å². The molecule has 2 rings (SSSR count). The number of carbonyl (C=O) groups excluding carboxylic acids is 2. The van der Waals surface area contributed by atoms with Gasteiger partial charge >= 0.3 is 6.09 Å². The van der Waals surface area contributed by atoms with Crippen LogP contribution in [-0.4, -0.2) is 79.1 Å². The molecule has 1 aliphatic rings. The van der Waals surface area contributed by atoms with Crippen LogP contribution in [0.25, 0.3) is 0 Å². The molecule has 0 aromatic heterocycles. The Kier molecular flexibility index (Phi) is 11.7. The molecule has 1 saturated heterocycles. The molecule has 1 heterocycles. The molecule has 1 aliphatic heterocycles. The number of nitro benzene ring substituents is 1. The van der Waals surface area contributed by atoms with E-state index < -0.39 is 4.92 Å². The van der Waals surface area contributed by atoms with Crippen molar-refractivity contribution in [2.24, 2.45) is 4.99 Å². The van der Waals surface area contributed by atoms with E-state index in [9.17, 15) is 19.7 Å². The number of ether oxygens (including phenoxy) is 1. The molecule has 0 atom stereocenters. The molecule has 0 bridgehead atoms. The van der Waals surface area contributed by atoms with Gasteiger partial charge in [-0.3, -0.25) is 14.9 Å². The van der Waals surface area contributed by atoms with E-state index in [1.165, 1.54) is 17.0 Å². The number of carbonyl (C=O) groups is 2. The summed E-state index contributed by atoms with van der Waals surface area (Å²) in [6, 6.07) is 6.27. The van der Waals surface area contributed by atoms with E-state index in [-0.39, 0.29) is 54.3 Å². The molecule has 2 N–H and O–H groups in total. The van der Waals surface area contributed by atoms with Gasteiger partial charge in [0.05, 0.1) is 24.6 Å². The van der Waals surface area contributed by atoms with Crippen molar-refractivity contribution in [1.82, 2.24) is 20.4 Å². The largest absolute Gasteiger partial charge is 0.450 e. The van der Waals surface area contributed by atoms with Crippen LogP contribution in [0, 0.1) is 10.1 Å². The summed E-state index contributed by atoms with van der Waals surface area (Å²) in [4.78, 5) is 41.8.